The van der Waals surface area contributed by atoms with Crippen molar-refractivity contribution >= 4 is 41.0 Å². The molecule has 5 nitrogen and oxygen atoms in total. The molecule has 26 heavy (non-hydrogen) atoms. The maximum Gasteiger partial charge on any atom is 0.271 e. The first-order valence-corrected chi connectivity index (χ1v) is 8.76. The summed E-state index contributed by atoms with van der Waals surface area (Å²) in [5.74, 6) is -0.0373. The number of hydrazone groups is 1. The van der Waals surface area contributed by atoms with E-state index in [9.17, 15) is 4.79 Å². The average molecular weight is 392 g/mol. The number of benzene rings is 2. The highest BCUT2D eigenvalue weighted by atomic mass is 35.5. The predicted octanol–water partition coefficient (Wildman–Crippen LogP) is 4.79. The third-order valence-corrected chi connectivity index (χ3v) is 3.61. The quantitative estimate of drug-likeness (QED) is 0.544. The molecule has 0 aromatic heterocycles. The Hall–Kier alpha value is -2.37. The molecule has 0 heterocycles. The van der Waals surface area contributed by atoms with Crippen molar-refractivity contribution in [1.29, 1.82) is 0 Å². The van der Waals surface area contributed by atoms with Crippen LogP contribution < -0.4 is 5.43 Å². The first-order valence-electron chi connectivity index (χ1n) is 8.00. The number of halogens is 2. The number of hydrogen-bond acceptors (Lipinski definition) is 4. The van der Waals surface area contributed by atoms with Gasteiger partial charge in [0.2, 0.25) is 0 Å². The van der Waals surface area contributed by atoms with Gasteiger partial charge in [-0.25, -0.2) is 5.43 Å². The second kappa shape index (κ2) is 9.94. The summed E-state index contributed by atoms with van der Waals surface area (Å²) in [6.45, 7) is 4.52. The van der Waals surface area contributed by atoms with Crippen LogP contribution in [0.2, 0.25) is 10.0 Å². The van der Waals surface area contributed by atoms with E-state index in [2.05, 4.69) is 15.7 Å². The molecule has 2 aromatic rings. The van der Waals surface area contributed by atoms with E-state index in [0.29, 0.717) is 39.4 Å². The lowest BCUT2D eigenvalue weighted by molar-refractivity contribution is 0.0955. The maximum atomic E-state index is 12.2. The number of carbonyl (C=O) groups is 1. The summed E-state index contributed by atoms with van der Waals surface area (Å²) in [6, 6.07) is 13.7. The van der Waals surface area contributed by atoms with Gasteiger partial charge in [-0.05, 0) is 36.2 Å². The highest BCUT2D eigenvalue weighted by molar-refractivity contribution is 6.39. The van der Waals surface area contributed by atoms with Crippen LogP contribution in [0.4, 0.5) is 0 Å². The molecule has 0 saturated heterocycles. The maximum absolute atomic E-state index is 12.2. The van der Waals surface area contributed by atoms with Crippen LogP contribution in [0, 0.1) is 5.92 Å². The Morgan fingerprint density at radius 1 is 1.12 bits per heavy atom. The molecular weight excluding hydrogens is 373 g/mol. The van der Waals surface area contributed by atoms with Gasteiger partial charge in [0.05, 0.1) is 6.21 Å². The molecule has 0 aliphatic rings. The monoisotopic (exact) mass is 391 g/mol. The first-order chi connectivity index (χ1) is 12.5. The SMILES string of the molecule is CC(C)CON=CC(=NNC(=O)c1cccc(Cl)c1)c1cccc(Cl)c1. The first kappa shape index (κ1) is 19.9. The van der Waals surface area contributed by atoms with Gasteiger partial charge >= 0.3 is 0 Å². The Kier molecular flexibility index (Phi) is 7.63. The number of nitrogens with one attached hydrogen (secondary N) is 1. The molecule has 0 bridgehead atoms. The molecule has 1 N–H and O–H groups in total. The molecule has 0 aliphatic carbocycles. The number of amides is 1. The molecule has 0 radical (unpaired) electrons. The average Bonchev–Trinajstić information content (AvgIpc) is 2.60. The fourth-order valence-corrected chi connectivity index (χ4v) is 2.28. The molecule has 136 valence electrons. The van der Waals surface area contributed by atoms with Gasteiger partial charge in [-0.2, -0.15) is 5.10 Å². The van der Waals surface area contributed by atoms with Crippen molar-refractivity contribution in [3.05, 3.63) is 69.7 Å². The smallest absolute Gasteiger partial charge is 0.271 e. The van der Waals surface area contributed by atoms with Crippen molar-refractivity contribution in [3.8, 4) is 0 Å². The number of nitrogens with zero attached hydrogens (tertiary/aromatic N) is 2. The Morgan fingerprint density at radius 3 is 2.35 bits per heavy atom. The van der Waals surface area contributed by atoms with Crippen molar-refractivity contribution in [3.63, 3.8) is 0 Å². The van der Waals surface area contributed by atoms with Crippen LogP contribution in [0.1, 0.15) is 29.8 Å². The van der Waals surface area contributed by atoms with Gasteiger partial charge in [-0.3, -0.25) is 4.79 Å². The van der Waals surface area contributed by atoms with Gasteiger partial charge in [-0.15, -0.1) is 0 Å². The number of oxime groups is 1. The number of carbonyl (C=O) groups excluding carboxylic acids is 1. The van der Waals surface area contributed by atoms with Crippen LogP contribution in [0.15, 0.2) is 58.8 Å². The Bertz CT molecular complexity index is 820. The summed E-state index contributed by atoms with van der Waals surface area (Å²) in [5.41, 5.74) is 4.00. The van der Waals surface area contributed by atoms with E-state index in [1.54, 1.807) is 42.5 Å². The molecule has 2 rings (SSSR count). The molecule has 7 heteroatoms. The summed E-state index contributed by atoms with van der Waals surface area (Å²) in [5, 5.41) is 9.08. The van der Waals surface area contributed by atoms with E-state index in [-0.39, 0.29) is 5.91 Å². The highest BCUT2D eigenvalue weighted by Gasteiger charge is 2.07. The van der Waals surface area contributed by atoms with E-state index in [1.165, 1.54) is 6.21 Å². The largest absolute Gasteiger partial charge is 0.395 e. The molecule has 0 spiro atoms. The zero-order valence-corrected chi connectivity index (χ0v) is 16.0. The van der Waals surface area contributed by atoms with E-state index >= 15 is 0 Å². The van der Waals surface area contributed by atoms with Crippen molar-refractivity contribution < 1.29 is 9.63 Å². The normalized spacial score (nSPS) is 11.8. The Morgan fingerprint density at radius 2 is 1.73 bits per heavy atom. The van der Waals surface area contributed by atoms with Crippen LogP contribution in [-0.4, -0.2) is 24.4 Å². The van der Waals surface area contributed by atoms with Crippen molar-refractivity contribution in [2.75, 3.05) is 6.61 Å². The summed E-state index contributed by atoms with van der Waals surface area (Å²) < 4.78 is 0. The minimum atomic E-state index is -0.386. The van der Waals surface area contributed by atoms with Gasteiger partial charge in [0, 0.05) is 21.2 Å². The van der Waals surface area contributed by atoms with Crippen LogP contribution >= 0.6 is 23.2 Å². The lowest BCUT2D eigenvalue weighted by Crippen LogP contribution is -2.20. The highest BCUT2D eigenvalue weighted by Crippen LogP contribution is 2.12. The number of rotatable bonds is 7. The van der Waals surface area contributed by atoms with E-state index in [4.69, 9.17) is 28.0 Å². The van der Waals surface area contributed by atoms with E-state index in [0.717, 1.165) is 0 Å². The minimum absolute atomic E-state index is 0.348. The number of hydrogen-bond donors (Lipinski definition) is 1. The van der Waals surface area contributed by atoms with Crippen molar-refractivity contribution in [1.82, 2.24) is 5.43 Å². The molecule has 0 fully saturated rings. The summed E-state index contributed by atoms with van der Waals surface area (Å²) in [6.07, 6.45) is 1.44. The molecule has 0 saturated carbocycles. The van der Waals surface area contributed by atoms with Gasteiger partial charge in [0.15, 0.2) is 0 Å². The molecule has 1 amide bonds. The Labute approximate surface area is 162 Å². The van der Waals surface area contributed by atoms with Crippen LogP contribution in [-0.2, 0) is 4.84 Å². The fourth-order valence-electron chi connectivity index (χ4n) is 1.90. The van der Waals surface area contributed by atoms with Crippen LogP contribution in [0.3, 0.4) is 0 Å². The van der Waals surface area contributed by atoms with Gasteiger partial charge in [-0.1, -0.05) is 60.4 Å². The third kappa shape index (κ3) is 6.50. The zero-order chi connectivity index (χ0) is 18.9. The van der Waals surface area contributed by atoms with E-state index < -0.39 is 0 Å². The molecule has 0 atom stereocenters. The lowest BCUT2D eigenvalue weighted by atomic mass is 10.1. The molecule has 2 aromatic carbocycles. The van der Waals surface area contributed by atoms with E-state index in [1.807, 2.05) is 19.9 Å². The lowest BCUT2D eigenvalue weighted by Gasteiger charge is -2.05. The summed E-state index contributed by atoms with van der Waals surface area (Å²) in [4.78, 5) is 17.5. The second-order valence-electron chi connectivity index (χ2n) is 5.88. The third-order valence-electron chi connectivity index (χ3n) is 3.14. The predicted molar refractivity (Wildman–Crippen MR) is 106 cm³/mol. The zero-order valence-electron chi connectivity index (χ0n) is 14.4. The standard InChI is InChI=1S/C19H19Cl2N3O2/c1-13(2)12-26-22-11-18(14-5-3-7-16(20)9-14)23-24-19(25)15-6-4-8-17(21)10-15/h3-11,13H,12H2,1-2H3,(H,24,25). The second-order valence-corrected chi connectivity index (χ2v) is 6.76. The molecule has 0 aliphatic heterocycles. The van der Waals surface area contributed by atoms with Crippen LogP contribution in [0.25, 0.3) is 0 Å². The van der Waals surface area contributed by atoms with Gasteiger partial charge in [0.1, 0.15) is 12.3 Å². The van der Waals surface area contributed by atoms with Gasteiger partial charge in [0.25, 0.3) is 5.91 Å². The summed E-state index contributed by atoms with van der Waals surface area (Å²) in [7, 11) is 0. The molecular formula is C19H19Cl2N3O2. The Balaban J connectivity index is 2.19. The minimum Gasteiger partial charge on any atom is -0.395 e. The molecule has 0 unspecified atom stereocenters. The van der Waals surface area contributed by atoms with Gasteiger partial charge < -0.3 is 4.84 Å². The van der Waals surface area contributed by atoms with Crippen molar-refractivity contribution in [2.24, 2.45) is 16.2 Å². The van der Waals surface area contributed by atoms with Crippen molar-refractivity contribution in [2.45, 2.75) is 13.8 Å². The fraction of sp³-hybridized carbons (Fsp3) is 0.211. The summed E-state index contributed by atoms with van der Waals surface area (Å²) >= 11 is 11.9. The van der Waals surface area contributed by atoms with Crippen LogP contribution in [0.5, 0.6) is 0 Å². The topological polar surface area (TPSA) is 63.1 Å².